The average Bonchev–Trinajstić information content (AvgIpc) is 2.91. The summed E-state index contributed by atoms with van der Waals surface area (Å²) in [4.78, 5) is 29.3. The Hall–Kier alpha value is -1.63. The van der Waals surface area contributed by atoms with Crippen LogP contribution in [0.15, 0.2) is 23.6 Å². The van der Waals surface area contributed by atoms with Gasteiger partial charge in [0.1, 0.15) is 6.04 Å². The van der Waals surface area contributed by atoms with Gasteiger partial charge in [0.25, 0.3) is 5.91 Å². The maximum atomic E-state index is 12.5. The van der Waals surface area contributed by atoms with E-state index < -0.39 is 11.9 Å². The number of hydrogen-bond acceptors (Lipinski definition) is 4. The Morgan fingerprint density at radius 2 is 2.00 bits per heavy atom. The van der Waals surface area contributed by atoms with E-state index in [2.05, 4.69) is 15.6 Å². The van der Waals surface area contributed by atoms with Crippen LogP contribution in [0, 0.1) is 12.8 Å². The topological polar surface area (TPSA) is 71.1 Å². The first kappa shape index (κ1) is 19.7. The number of thiazole rings is 1. The summed E-state index contributed by atoms with van der Waals surface area (Å²) in [6.07, 6.45) is 0.493. The van der Waals surface area contributed by atoms with E-state index in [-0.39, 0.29) is 22.4 Å². The van der Waals surface area contributed by atoms with Crippen LogP contribution in [0.1, 0.15) is 36.3 Å². The minimum Gasteiger partial charge on any atom is -0.340 e. The number of benzene rings is 1. The minimum absolute atomic E-state index is 0.217. The molecular weight excluding hydrogens is 381 g/mol. The molecule has 2 rings (SSSR count). The molecule has 0 radical (unpaired) electrons. The number of hydrogen-bond donors (Lipinski definition) is 2. The van der Waals surface area contributed by atoms with Crippen molar-refractivity contribution >= 4 is 51.5 Å². The van der Waals surface area contributed by atoms with Crippen molar-refractivity contribution in [3.05, 3.63) is 44.9 Å². The highest BCUT2D eigenvalue weighted by Gasteiger charge is 2.24. The molecule has 1 atom stereocenters. The number of nitrogens with one attached hydrogen (secondary N) is 2. The van der Waals surface area contributed by atoms with Gasteiger partial charge < -0.3 is 10.6 Å². The first-order valence-electron chi connectivity index (χ1n) is 7.75. The van der Waals surface area contributed by atoms with E-state index in [1.807, 2.05) is 26.2 Å². The molecule has 25 heavy (non-hydrogen) atoms. The Morgan fingerprint density at radius 3 is 2.56 bits per heavy atom. The minimum atomic E-state index is -0.691. The largest absolute Gasteiger partial charge is 0.340 e. The Morgan fingerprint density at radius 1 is 1.28 bits per heavy atom. The molecule has 0 spiro atoms. The maximum Gasteiger partial charge on any atom is 0.253 e. The smallest absolute Gasteiger partial charge is 0.253 e. The number of halogens is 2. The summed E-state index contributed by atoms with van der Waals surface area (Å²) >= 11 is 13.3. The van der Waals surface area contributed by atoms with Crippen LogP contribution in [0.4, 0.5) is 5.13 Å². The number of anilines is 1. The van der Waals surface area contributed by atoms with Crippen molar-refractivity contribution in [1.82, 2.24) is 10.3 Å². The molecule has 2 aromatic rings. The molecule has 8 heteroatoms. The van der Waals surface area contributed by atoms with Crippen LogP contribution in [0.5, 0.6) is 0 Å². The molecule has 0 aliphatic rings. The Bertz CT molecular complexity index is 777. The molecule has 0 aliphatic heterocycles. The van der Waals surface area contributed by atoms with Crippen LogP contribution in [-0.2, 0) is 4.79 Å². The fourth-order valence-corrected chi connectivity index (χ4v) is 3.40. The van der Waals surface area contributed by atoms with E-state index in [9.17, 15) is 9.59 Å². The van der Waals surface area contributed by atoms with Crippen molar-refractivity contribution in [2.75, 3.05) is 5.32 Å². The van der Waals surface area contributed by atoms with E-state index in [1.165, 1.54) is 23.5 Å². The second-order valence-electron chi connectivity index (χ2n) is 6.06. The molecule has 0 saturated carbocycles. The highest BCUT2D eigenvalue weighted by molar-refractivity contribution is 7.13. The molecule has 1 aromatic carbocycles. The fraction of sp³-hybridized carbons (Fsp3) is 0.353. The molecule has 1 aromatic heterocycles. The predicted octanol–water partition coefficient (Wildman–Crippen LogP) is 4.54. The summed E-state index contributed by atoms with van der Waals surface area (Å²) in [7, 11) is 0. The Labute approximate surface area is 160 Å². The normalized spacial score (nSPS) is 12.1. The molecule has 2 N–H and O–H groups in total. The standard InChI is InChI=1S/C17H19Cl2N3O2S/c1-9(2)6-14(16(24)22-17-20-10(3)8-25-17)21-15(23)12-5-4-11(18)7-13(12)19/h4-5,7-9,14H,6H2,1-3H3,(H,21,23)(H,20,22,24)/t14-/m1/s1. The lowest BCUT2D eigenvalue weighted by atomic mass is 10.0. The van der Waals surface area contributed by atoms with Crippen LogP contribution in [0.25, 0.3) is 0 Å². The first-order valence-corrected chi connectivity index (χ1v) is 9.38. The van der Waals surface area contributed by atoms with Crippen LogP contribution in [0.2, 0.25) is 10.0 Å². The van der Waals surface area contributed by atoms with Gasteiger partial charge in [-0.2, -0.15) is 0 Å². The van der Waals surface area contributed by atoms with Gasteiger partial charge in [-0.3, -0.25) is 9.59 Å². The summed E-state index contributed by atoms with van der Waals surface area (Å²) in [5, 5.41) is 8.54. The summed E-state index contributed by atoms with van der Waals surface area (Å²) in [5.74, 6) is -0.506. The van der Waals surface area contributed by atoms with Gasteiger partial charge >= 0.3 is 0 Å². The number of carbonyl (C=O) groups excluding carboxylic acids is 2. The van der Waals surface area contributed by atoms with Crippen molar-refractivity contribution in [1.29, 1.82) is 0 Å². The van der Waals surface area contributed by atoms with Gasteiger partial charge in [0, 0.05) is 10.4 Å². The van der Waals surface area contributed by atoms with Gasteiger partial charge in [-0.25, -0.2) is 4.98 Å². The SMILES string of the molecule is Cc1csc(NC(=O)[C@@H](CC(C)C)NC(=O)c2ccc(Cl)cc2Cl)n1. The van der Waals surface area contributed by atoms with Crippen LogP contribution in [-0.4, -0.2) is 22.8 Å². The molecule has 1 heterocycles. The van der Waals surface area contributed by atoms with Crippen LogP contribution < -0.4 is 10.6 Å². The van der Waals surface area contributed by atoms with E-state index in [4.69, 9.17) is 23.2 Å². The molecule has 0 fully saturated rings. The molecule has 0 bridgehead atoms. The van der Waals surface area contributed by atoms with E-state index >= 15 is 0 Å². The molecule has 134 valence electrons. The third kappa shape index (κ3) is 5.70. The van der Waals surface area contributed by atoms with Gasteiger partial charge in [0.2, 0.25) is 5.91 Å². The fourth-order valence-electron chi connectivity index (χ4n) is 2.22. The molecule has 2 amide bonds. The number of rotatable bonds is 6. The van der Waals surface area contributed by atoms with Gasteiger partial charge in [-0.15, -0.1) is 11.3 Å². The zero-order chi connectivity index (χ0) is 18.6. The Balaban J connectivity index is 2.13. The van der Waals surface area contributed by atoms with Crippen molar-refractivity contribution in [2.45, 2.75) is 33.2 Å². The molecule has 0 saturated heterocycles. The second kappa shape index (κ2) is 8.65. The molecule has 0 aliphatic carbocycles. The third-order valence-electron chi connectivity index (χ3n) is 3.35. The summed E-state index contributed by atoms with van der Waals surface area (Å²) in [6, 6.07) is 3.92. The maximum absolute atomic E-state index is 12.5. The Kier molecular flexibility index (Phi) is 6.81. The highest BCUT2D eigenvalue weighted by atomic mass is 35.5. The van der Waals surface area contributed by atoms with Gasteiger partial charge in [-0.05, 0) is 37.5 Å². The van der Waals surface area contributed by atoms with Crippen molar-refractivity contribution in [3.8, 4) is 0 Å². The van der Waals surface area contributed by atoms with E-state index in [1.54, 1.807) is 6.07 Å². The number of aryl methyl sites for hydroxylation is 1. The van der Waals surface area contributed by atoms with Crippen LogP contribution in [0.3, 0.4) is 0 Å². The average molecular weight is 400 g/mol. The lowest BCUT2D eigenvalue weighted by Gasteiger charge is -2.20. The zero-order valence-corrected chi connectivity index (χ0v) is 16.4. The number of amides is 2. The highest BCUT2D eigenvalue weighted by Crippen LogP contribution is 2.21. The summed E-state index contributed by atoms with van der Waals surface area (Å²) in [6.45, 7) is 5.81. The van der Waals surface area contributed by atoms with E-state index in [0.717, 1.165) is 5.69 Å². The lowest BCUT2D eigenvalue weighted by Crippen LogP contribution is -2.44. The van der Waals surface area contributed by atoms with Gasteiger partial charge in [0.05, 0.1) is 16.3 Å². The van der Waals surface area contributed by atoms with Crippen LogP contribution >= 0.6 is 34.5 Å². The van der Waals surface area contributed by atoms with E-state index in [0.29, 0.717) is 16.6 Å². The number of carbonyl (C=O) groups is 2. The van der Waals surface area contributed by atoms with Crippen molar-refractivity contribution in [2.24, 2.45) is 5.92 Å². The first-order chi connectivity index (χ1) is 11.8. The monoisotopic (exact) mass is 399 g/mol. The predicted molar refractivity (Wildman–Crippen MR) is 103 cm³/mol. The number of nitrogens with zero attached hydrogens (tertiary/aromatic N) is 1. The van der Waals surface area contributed by atoms with Crippen molar-refractivity contribution in [3.63, 3.8) is 0 Å². The third-order valence-corrected chi connectivity index (χ3v) is 4.78. The molecule has 0 unspecified atom stereocenters. The van der Waals surface area contributed by atoms with Crippen molar-refractivity contribution < 1.29 is 9.59 Å². The second-order valence-corrected chi connectivity index (χ2v) is 7.76. The summed E-state index contributed by atoms with van der Waals surface area (Å²) < 4.78 is 0. The quantitative estimate of drug-likeness (QED) is 0.748. The zero-order valence-electron chi connectivity index (χ0n) is 14.1. The summed E-state index contributed by atoms with van der Waals surface area (Å²) in [5.41, 5.74) is 1.11. The van der Waals surface area contributed by atoms with Gasteiger partial charge in [-0.1, -0.05) is 37.0 Å². The lowest BCUT2D eigenvalue weighted by molar-refractivity contribution is -0.118. The van der Waals surface area contributed by atoms with Gasteiger partial charge in [0.15, 0.2) is 5.13 Å². The molecular formula is C17H19Cl2N3O2S. The number of aromatic nitrogens is 1. The molecule has 5 nitrogen and oxygen atoms in total.